The number of nitrogens with one attached hydrogen (secondary N) is 1. The first-order chi connectivity index (χ1) is 15.5. The summed E-state index contributed by atoms with van der Waals surface area (Å²) < 4.78 is 13.9. The molecule has 3 aliphatic rings. The number of ether oxygens (including phenoxy) is 2. The summed E-state index contributed by atoms with van der Waals surface area (Å²) in [5.74, 6) is 0.855. The van der Waals surface area contributed by atoms with E-state index in [0.717, 1.165) is 17.1 Å². The maximum atomic E-state index is 13.2. The van der Waals surface area contributed by atoms with E-state index in [0.29, 0.717) is 58.8 Å². The number of likely N-dealkylation sites (tertiary alicyclic amines) is 1. The number of fused-ring (bicyclic) bond motifs is 2. The van der Waals surface area contributed by atoms with Crippen molar-refractivity contribution in [3.8, 4) is 0 Å². The van der Waals surface area contributed by atoms with Gasteiger partial charge in [0.05, 0.1) is 19.8 Å². The number of carbonyl (C=O) groups excluding carboxylic acids is 2. The Morgan fingerprint density at radius 3 is 2.66 bits per heavy atom. The van der Waals surface area contributed by atoms with E-state index in [1.54, 1.807) is 11.1 Å². The molecule has 1 atom stereocenters. The topological polar surface area (TPSA) is 88.9 Å². The van der Waals surface area contributed by atoms with Gasteiger partial charge in [0.25, 0.3) is 5.91 Å². The van der Waals surface area contributed by atoms with E-state index < -0.39 is 11.7 Å². The maximum absolute atomic E-state index is 13.2. The minimum absolute atomic E-state index is 0.00615. The van der Waals surface area contributed by atoms with Gasteiger partial charge in [0, 0.05) is 57.1 Å². The van der Waals surface area contributed by atoms with Crippen LogP contribution in [-0.4, -0.2) is 76.8 Å². The zero-order chi connectivity index (χ0) is 22.1. The zero-order valence-electron chi connectivity index (χ0n) is 18.3. The van der Waals surface area contributed by atoms with Crippen LogP contribution in [0.15, 0.2) is 36.7 Å². The van der Waals surface area contributed by atoms with Gasteiger partial charge in [-0.3, -0.25) is 4.79 Å². The van der Waals surface area contributed by atoms with Gasteiger partial charge < -0.3 is 29.2 Å². The quantitative estimate of drug-likeness (QED) is 0.773. The Hall–Kier alpha value is -2.91. The van der Waals surface area contributed by atoms with Gasteiger partial charge in [0.2, 0.25) is 0 Å². The molecule has 3 aliphatic heterocycles. The third-order valence-electron chi connectivity index (χ3n) is 6.58. The van der Waals surface area contributed by atoms with Crippen LogP contribution in [0.4, 0.5) is 10.5 Å². The van der Waals surface area contributed by atoms with Gasteiger partial charge in [-0.2, -0.15) is 0 Å². The Balaban J connectivity index is 1.28. The van der Waals surface area contributed by atoms with Crippen LogP contribution in [-0.2, 0) is 26.4 Å². The van der Waals surface area contributed by atoms with Crippen LogP contribution in [0.3, 0.4) is 0 Å². The number of aromatic nitrogens is 2. The summed E-state index contributed by atoms with van der Waals surface area (Å²) in [7, 11) is 0. The van der Waals surface area contributed by atoms with Crippen LogP contribution in [0, 0.1) is 6.92 Å². The van der Waals surface area contributed by atoms with Crippen molar-refractivity contribution in [1.82, 2.24) is 19.4 Å². The smallest absolute Gasteiger partial charge is 0.321 e. The molecule has 170 valence electrons. The normalized spacial score (nSPS) is 22.5. The molecule has 2 saturated heterocycles. The Bertz CT molecular complexity index is 992. The molecule has 2 aromatic rings. The standard InChI is InChI=1S/C23H29N5O4/c1-17-3-2-4-18(15-17)25-22(30)27-8-5-23(6-9-27)21-24-7-10-28(21)16-19(32-23)20(29)26-11-13-31-14-12-26/h2-4,7,10,15,19H,5-6,8-9,11-14,16H2,1H3,(H,25,30)/t19-/m1/s1. The van der Waals surface area contributed by atoms with Crippen LogP contribution < -0.4 is 5.32 Å². The van der Waals surface area contributed by atoms with Crippen molar-refractivity contribution >= 4 is 17.6 Å². The summed E-state index contributed by atoms with van der Waals surface area (Å²) in [5, 5.41) is 2.98. The molecule has 0 aliphatic carbocycles. The van der Waals surface area contributed by atoms with Crippen LogP contribution in [0.5, 0.6) is 0 Å². The fraction of sp³-hybridized carbons (Fsp3) is 0.522. The molecule has 9 nitrogen and oxygen atoms in total. The van der Waals surface area contributed by atoms with Gasteiger partial charge in [-0.15, -0.1) is 0 Å². The third-order valence-corrected chi connectivity index (χ3v) is 6.58. The number of urea groups is 1. The van der Waals surface area contributed by atoms with Crippen molar-refractivity contribution in [1.29, 1.82) is 0 Å². The summed E-state index contributed by atoms with van der Waals surface area (Å²) >= 11 is 0. The number of amides is 3. The van der Waals surface area contributed by atoms with E-state index in [2.05, 4.69) is 10.3 Å². The largest absolute Gasteiger partial charge is 0.378 e. The van der Waals surface area contributed by atoms with Crippen LogP contribution in [0.2, 0.25) is 0 Å². The predicted octanol–water partition coefficient (Wildman–Crippen LogP) is 1.97. The molecule has 3 amide bonds. The lowest BCUT2D eigenvalue weighted by Gasteiger charge is -2.46. The Labute approximate surface area is 187 Å². The van der Waals surface area contributed by atoms with Crippen molar-refractivity contribution < 1.29 is 19.1 Å². The molecule has 0 radical (unpaired) electrons. The molecule has 32 heavy (non-hydrogen) atoms. The first-order valence-corrected chi connectivity index (χ1v) is 11.2. The second-order valence-corrected chi connectivity index (χ2v) is 8.73. The van der Waals surface area contributed by atoms with E-state index >= 15 is 0 Å². The third kappa shape index (κ3) is 3.98. The highest BCUT2D eigenvalue weighted by atomic mass is 16.5. The van der Waals surface area contributed by atoms with Crippen molar-refractivity contribution in [2.45, 2.75) is 38.0 Å². The molecule has 5 rings (SSSR count). The molecule has 0 saturated carbocycles. The highest BCUT2D eigenvalue weighted by Gasteiger charge is 2.48. The molecule has 4 heterocycles. The number of hydrogen-bond acceptors (Lipinski definition) is 5. The zero-order valence-corrected chi connectivity index (χ0v) is 18.3. The molecule has 1 aromatic heterocycles. The van der Waals surface area contributed by atoms with Gasteiger partial charge in [-0.05, 0) is 24.6 Å². The minimum Gasteiger partial charge on any atom is -0.378 e. The molecule has 0 unspecified atom stereocenters. The second-order valence-electron chi connectivity index (χ2n) is 8.73. The first kappa shape index (κ1) is 21.0. The summed E-state index contributed by atoms with van der Waals surface area (Å²) in [5.41, 5.74) is 1.23. The number of piperidine rings is 1. The van der Waals surface area contributed by atoms with E-state index in [1.165, 1.54) is 0 Å². The van der Waals surface area contributed by atoms with Gasteiger partial charge in [0.15, 0.2) is 6.10 Å². The number of rotatable bonds is 2. The summed E-state index contributed by atoms with van der Waals surface area (Å²) in [4.78, 5) is 34.1. The fourth-order valence-electron chi connectivity index (χ4n) is 4.85. The highest BCUT2D eigenvalue weighted by molar-refractivity contribution is 5.89. The van der Waals surface area contributed by atoms with Crippen molar-refractivity contribution in [2.24, 2.45) is 0 Å². The number of imidazole rings is 1. The first-order valence-electron chi connectivity index (χ1n) is 11.2. The molecular weight excluding hydrogens is 410 g/mol. The van der Waals surface area contributed by atoms with E-state index in [1.807, 2.05) is 46.9 Å². The van der Waals surface area contributed by atoms with Crippen LogP contribution >= 0.6 is 0 Å². The lowest BCUT2D eigenvalue weighted by atomic mass is 9.88. The van der Waals surface area contributed by atoms with Crippen molar-refractivity contribution in [3.05, 3.63) is 48.0 Å². The average molecular weight is 440 g/mol. The fourth-order valence-corrected chi connectivity index (χ4v) is 4.85. The van der Waals surface area contributed by atoms with Crippen molar-refractivity contribution in [2.75, 3.05) is 44.7 Å². The molecule has 1 aromatic carbocycles. The maximum Gasteiger partial charge on any atom is 0.321 e. The number of carbonyl (C=O) groups is 2. The lowest BCUT2D eigenvalue weighted by Crippen LogP contribution is -2.56. The molecule has 0 bridgehead atoms. The number of nitrogens with zero attached hydrogens (tertiary/aromatic N) is 4. The number of benzene rings is 1. The Morgan fingerprint density at radius 1 is 1.12 bits per heavy atom. The highest BCUT2D eigenvalue weighted by Crippen LogP contribution is 2.40. The predicted molar refractivity (Wildman–Crippen MR) is 117 cm³/mol. The van der Waals surface area contributed by atoms with Gasteiger partial charge in [-0.25, -0.2) is 9.78 Å². The minimum atomic E-state index is -0.658. The number of anilines is 1. The van der Waals surface area contributed by atoms with Gasteiger partial charge in [0.1, 0.15) is 11.4 Å². The van der Waals surface area contributed by atoms with E-state index in [4.69, 9.17) is 9.47 Å². The molecular formula is C23H29N5O4. The molecule has 1 N–H and O–H groups in total. The van der Waals surface area contributed by atoms with E-state index in [9.17, 15) is 9.59 Å². The summed E-state index contributed by atoms with van der Waals surface area (Å²) in [6.07, 6.45) is 4.31. The summed E-state index contributed by atoms with van der Waals surface area (Å²) in [6.45, 7) is 5.83. The van der Waals surface area contributed by atoms with Crippen molar-refractivity contribution in [3.63, 3.8) is 0 Å². The average Bonchev–Trinajstić information content (AvgIpc) is 3.29. The number of morpholine rings is 1. The van der Waals surface area contributed by atoms with Crippen LogP contribution in [0.25, 0.3) is 0 Å². The van der Waals surface area contributed by atoms with Crippen LogP contribution in [0.1, 0.15) is 24.2 Å². The van der Waals surface area contributed by atoms with Gasteiger partial charge in [-0.1, -0.05) is 12.1 Å². The number of aryl methyl sites for hydroxylation is 1. The Kier molecular flexibility index (Phi) is 5.60. The second kappa shape index (κ2) is 8.55. The van der Waals surface area contributed by atoms with E-state index in [-0.39, 0.29) is 11.9 Å². The number of hydrogen-bond donors (Lipinski definition) is 1. The SMILES string of the molecule is Cc1cccc(NC(=O)N2CCC3(CC2)O[C@@H](C(=O)N2CCOCC2)Cn2ccnc23)c1. The lowest BCUT2D eigenvalue weighted by molar-refractivity contribution is -0.182. The molecule has 9 heteroatoms. The van der Waals surface area contributed by atoms with Gasteiger partial charge >= 0.3 is 6.03 Å². The Morgan fingerprint density at radius 2 is 1.91 bits per heavy atom. The molecule has 2 fully saturated rings. The molecule has 1 spiro atoms. The monoisotopic (exact) mass is 439 g/mol. The summed E-state index contributed by atoms with van der Waals surface area (Å²) in [6, 6.07) is 7.64.